The van der Waals surface area contributed by atoms with Gasteiger partial charge in [0.05, 0.1) is 0 Å². The van der Waals surface area contributed by atoms with Crippen LogP contribution in [0.2, 0.25) is 0 Å². The van der Waals surface area contributed by atoms with Gasteiger partial charge in [-0.2, -0.15) is 0 Å². The topological polar surface area (TPSA) is 35.5 Å². The Bertz CT molecular complexity index is 167. The number of carbonyl (C=O) groups is 1. The third-order valence-electron chi connectivity index (χ3n) is 1.52. The summed E-state index contributed by atoms with van der Waals surface area (Å²) in [5, 5.41) is 0. The quantitative estimate of drug-likeness (QED) is 0.407. The number of carbonyl (C=O) groups excluding carboxylic acids is 1. The molecule has 0 spiro atoms. The minimum Gasteiger partial charge on any atom is -0.446 e. The maximum Gasteiger partial charge on any atom is 0.376 e. The van der Waals surface area contributed by atoms with Gasteiger partial charge >= 0.3 is 5.97 Å². The highest BCUT2D eigenvalue weighted by Gasteiger charge is 2.38. The van der Waals surface area contributed by atoms with Crippen LogP contribution < -0.4 is 0 Å². The van der Waals surface area contributed by atoms with E-state index in [9.17, 15) is 4.79 Å². The van der Waals surface area contributed by atoms with E-state index < -0.39 is 11.8 Å². The SMILES string of the molecule is C=C1OC(C)(CC)OC1=O. The Morgan fingerprint density at radius 2 is 2.20 bits per heavy atom. The van der Waals surface area contributed by atoms with Crippen LogP contribution in [-0.4, -0.2) is 11.8 Å². The lowest BCUT2D eigenvalue weighted by Gasteiger charge is -2.18. The van der Waals surface area contributed by atoms with Gasteiger partial charge in [0.1, 0.15) is 0 Å². The molecule has 1 heterocycles. The van der Waals surface area contributed by atoms with Crippen LogP contribution in [0.4, 0.5) is 0 Å². The van der Waals surface area contributed by atoms with Gasteiger partial charge in [-0.05, 0) is 6.58 Å². The van der Waals surface area contributed by atoms with Gasteiger partial charge < -0.3 is 9.47 Å². The first-order valence-corrected chi connectivity index (χ1v) is 3.18. The van der Waals surface area contributed by atoms with Crippen molar-refractivity contribution in [3.8, 4) is 0 Å². The first-order chi connectivity index (χ1) is 4.57. The number of rotatable bonds is 1. The molecule has 0 bridgehead atoms. The summed E-state index contributed by atoms with van der Waals surface area (Å²) in [6, 6.07) is 0. The predicted molar refractivity (Wildman–Crippen MR) is 35.0 cm³/mol. The Balaban J connectivity index is 2.73. The summed E-state index contributed by atoms with van der Waals surface area (Å²) in [6.07, 6.45) is 0.637. The third-order valence-corrected chi connectivity index (χ3v) is 1.52. The van der Waals surface area contributed by atoms with Crippen molar-refractivity contribution in [2.24, 2.45) is 0 Å². The van der Waals surface area contributed by atoms with Crippen molar-refractivity contribution < 1.29 is 14.3 Å². The molecule has 10 heavy (non-hydrogen) atoms. The smallest absolute Gasteiger partial charge is 0.376 e. The molecule has 1 aliphatic rings. The molecule has 1 fully saturated rings. The van der Waals surface area contributed by atoms with E-state index in [-0.39, 0.29) is 5.76 Å². The van der Waals surface area contributed by atoms with Crippen molar-refractivity contribution in [1.29, 1.82) is 0 Å². The Morgan fingerprint density at radius 1 is 1.60 bits per heavy atom. The molecule has 56 valence electrons. The van der Waals surface area contributed by atoms with E-state index in [0.29, 0.717) is 6.42 Å². The monoisotopic (exact) mass is 142 g/mol. The number of esters is 1. The predicted octanol–water partition coefficient (Wildman–Crippen LogP) is 1.20. The van der Waals surface area contributed by atoms with Crippen molar-refractivity contribution in [3.63, 3.8) is 0 Å². The second-order valence-electron chi connectivity index (χ2n) is 2.40. The van der Waals surface area contributed by atoms with Gasteiger partial charge in [0.25, 0.3) is 5.79 Å². The zero-order valence-corrected chi connectivity index (χ0v) is 6.14. The van der Waals surface area contributed by atoms with Crippen LogP contribution in [0.25, 0.3) is 0 Å². The highest BCUT2D eigenvalue weighted by Crippen LogP contribution is 2.28. The van der Waals surface area contributed by atoms with Crippen LogP contribution in [0.15, 0.2) is 12.3 Å². The average molecular weight is 142 g/mol. The molecule has 1 aliphatic heterocycles. The zero-order valence-electron chi connectivity index (χ0n) is 6.14. The number of hydrogen-bond acceptors (Lipinski definition) is 3. The summed E-state index contributed by atoms with van der Waals surface area (Å²) < 4.78 is 9.89. The average Bonchev–Trinajstić information content (AvgIpc) is 2.10. The molecule has 1 saturated heterocycles. The Hall–Kier alpha value is -0.990. The second-order valence-corrected chi connectivity index (χ2v) is 2.40. The summed E-state index contributed by atoms with van der Waals surface area (Å²) in [7, 11) is 0. The molecular weight excluding hydrogens is 132 g/mol. The maximum atomic E-state index is 10.7. The summed E-state index contributed by atoms with van der Waals surface area (Å²) in [4.78, 5) is 10.7. The van der Waals surface area contributed by atoms with E-state index in [0.717, 1.165) is 0 Å². The highest BCUT2D eigenvalue weighted by atomic mass is 16.8. The molecule has 3 heteroatoms. The van der Waals surface area contributed by atoms with Gasteiger partial charge in [-0.3, -0.25) is 0 Å². The van der Waals surface area contributed by atoms with Crippen LogP contribution >= 0.6 is 0 Å². The minimum atomic E-state index is -0.770. The summed E-state index contributed by atoms with van der Waals surface area (Å²) in [5.74, 6) is -1.12. The largest absolute Gasteiger partial charge is 0.446 e. The van der Waals surface area contributed by atoms with E-state index in [4.69, 9.17) is 9.47 Å². The van der Waals surface area contributed by atoms with Crippen molar-refractivity contribution in [1.82, 2.24) is 0 Å². The van der Waals surface area contributed by atoms with E-state index >= 15 is 0 Å². The zero-order chi connectivity index (χ0) is 7.78. The summed E-state index contributed by atoms with van der Waals surface area (Å²) in [5.41, 5.74) is 0. The summed E-state index contributed by atoms with van der Waals surface area (Å²) >= 11 is 0. The lowest BCUT2D eigenvalue weighted by molar-refractivity contribution is -0.165. The van der Waals surface area contributed by atoms with Gasteiger partial charge in [-0.25, -0.2) is 4.79 Å². The molecule has 0 aromatic rings. The van der Waals surface area contributed by atoms with E-state index in [2.05, 4.69) is 6.58 Å². The van der Waals surface area contributed by atoms with Gasteiger partial charge in [0.15, 0.2) is 0 Å². The van der Waals surface area contributed by atoms with E-state index in [1.807, 2.05) is 6.92 Å². The number of ether oxygens (including phenoxy) is 2. The Labute approximate surface area is 59.6 Å². The molecular formula is C7H10O3. The molecule has 1 atom stereocenters. The first-order valence-electron chi connectivity index (χ1n) is 3.18. The van der Waals surface area contributed by atoms with Gasteiger partial charge in [-0.1, -0.05) is 6.92 Å². The Kier molecular flexibility index (Phi) is 1.43. The van der Waals surface area contributed by atoms with Crippen LogP contribution in [0.1, 0.15) is 20.3 Å². The van der Waals surface area contributed by atoms with Crippen LogP contribution in [0.5, 0.6) is 0 Å². The van der Waals surface area contributed by atoms with Crippen molar-refractivity contribution in [3.05, 3.63) is 12.3 Å². The lowest BCUT2D eigenvalue weighted by Crippen LogP contribution is -2.24. The molecule has 0 aromatic heterocycles. The summed E-state index contributed by atoms with van der Waals surface area (Å²) in [6.45, 7) is 6.97. The fraction of sp³-hybridized carbons (Fsp3) is 0.571. The molecule has 0 amide bonds. The van der Waals surface area contributed by atoms with Gasteiger partial charge in [0.2, 0.25) is 5.76 Å². The molecule has 0 N–H and O–H groups in total. The van der Waals surface area contributed by atoms with Crippen LogP contribution in [0, 0.1) is 0 Å². The van der Waals surface area contributed by atoms with Gasteiger partial charge in [0, 0.05) is 13.3 Å². The number of hydrogen-bond donors (Lipinski definition) is 0. The molecule has 1 rings (SSSR count). The molecule has 0 radical (unpaired) electrons. The molecule has 0 saturated carbocycles. The molecule has 0 aliphatic carbocycles. The molecule has 1 unspecified atom stereocenters. The van der Waals surface area contributed by atoms with Crippen LogP contribution in [-0.2, 0) is 14.3 Å². The maximum absolute atomic E-state index is 10.7. The highest BCUT2D eigenvalue weighted by molar-refractivity contribution is 5.87. The second kappa shape index (κ2) is 2.01. The van der Waals surface area contributed by atoms with Crippen molar-refractivity contribution in [2.45, 2.75) is 26.1 Å². The van der Waals surface area contributed by atoms with Crippen molar-refractivity contribution in [2.75, 3.05) is 0 Å². The fourth-order valence-corrected chi connectivity index (χ4v) is 0.720. The van der Waals surface area contributed by atoms with Crippen molar-refractivity contribution >= 4 is 5.97 Å². The van der Waals surface area contributed by atoms with Gasteiger partial charge in [-0.15, -0.1) is 0 Å². The Morgan fingerprint density at radius 3 is 2.40 bits per heavy atom. The lowest BCUT2D eigenvalue weighted by atomic mass is 10.2. The number of cyclic esters (lactones) is 1. The first kappa shape index (κ1) is 7.12. The molecule has 3 nitrogen and oxygen atoms in total. The minimum absolute atomic E-state index is 0.101. The normalized spacial score (nSPS) is 31.8. The molecule has 0 aromatic carbocycles. The standard InChI is InChI=1S/C7H10O3/c1-4-7(3)9-5(2)6(8)10-7/h2,4H2,1,3H3. The fourth-order valence-electron chi connectivity index (χ4n) is 0.720. The third kappa shape index (κ3) is 0.988. The van der Waals surface area contributed by atoms with Crippen LogP contribution in [0.3, 0.4) is 0 Å². The van der Waals surface area contributed by atoms with E-state index in [1.54, 1.807) is 6.92 Å². The van der Waals surface area contributed by atoms with E-state index in [1.165, 1.54) is 0 Å².